The first kappa shape index (κ1) is 17.6. The van der Waals surface area contributed by atoms with Crippen LogP contribution in [0.15, 0.2) is 59.2 Å². The summed E-state index contributed by atoms with van der Waals surface area (Å²) in [5.74, 6) is -0.182. The first-order valence-electron chi connectivity index (χ1n) is 7.75. The van der Waals surface area contributed by atoms with Crippen LogP contribution >= 0.6 is 27.3 Å². The van der Waals surface area contributed by atoms with Crippen molar-refractivity contribution in [1.82, 2.24) is 4.98 Å². The smallest absolute Gasteiger partial charge is 0.347 e. The van der Waals surface area contributed by atoms with E-state index < -0.39 is 5.97 Å². The molecule has 0 saturated heterocycles. The summed E-state index contributed by atoms with van der Waals surface area (Å²) in [6.45, 7) is 0.249. The van der Waals surface area contributed by atoms with Gasteiger partial charge in [0, 0.05) is 0 Å². The van der Waals surface area contributed by atoms with Gasteiger partial charge in [0.25, 0.3) is 0 Å². The fraction of sp³-hybridized carbons (Fsp3) is 0.158. The molecule has 3 rings (SSSR count). The van der Waals surface area contributed by atoms with Crippen molar-refractivity contribution >= 4 is 33.2 Å². The van der Waals surface area contributed by atoms with Gasteiger partial charge in [-0.05, 0) is 46.0 Å². The van der Waals surface area contributed by atoms with Crippen LogP contribution in [0.25, 0.3) is 0 Å². The van der Waals surface area contributed by atoms with Gasteiger partial charge in [-0.2, -0.15) is 0 Å². The normalized spacial score (nSPS) is 10.6. The number of rotatable bonds is 7. The predicted molar refractivity (Wildman–Crippen MR) is 101 cm³/mol. The molecule has 0 aliphatic heterocycles. The van der Waals surface area contributed by atoms with Crippen LogP contribution in [-0.4, -0.2) is 16.1 Å². The van der Waals surface area contributed by atoms with Gasteiger partial charge in [-0.15, -0.1) is 11.3 Å². The summed E-state index contributed by atoms with van der Waals surface area (Å²) in [6, 6.07) is 16.3. The largest absolute Gasteiger partial charge is 0.485 e. The van der Waals surface area contributed by atoms with Crippen molar-refractivity contribution in [1.29, 1.82) is 0 Å². The van der Waals surface area contributed by atoms with Crippen molar-refractivity contribution in [3.8, 4) is 5.75 Å². The number of aromatic nitrogens is 1. The van der Waals surface area contributed by atoms with Gasteiger partial charge in [0.1, 0.15) is 22.2 Å². The molecule has 3 aromatic rings. The Morgan fingerprint density at radius 2 is 1.92 bits per heavy atom. The highest BCUT2D eigenvalue weighted by molar-refractivity contribution is 9.10. The molecule has 0 unspecified atom stereocenters. The van der Waals surface area contributed by atoms with E-state index in [0.29, 0.717) is 5.01 Å². The summed E-state index contributed by atoms with van der Waals surface area (Å²) < 4.78 is 6.83. The molecule has 0 bridgehead atoms. The van der Waals surface area contributed by atoms with Gasteiger partial charge in [0.05, 0.1) is 10.7 Å². The van der Waals surface area contributed by atoms with Crippen LogP contribution in [0.5, 0.6) is 5.75 Å². The lowest BCUT2D eigenvalue weighted by Gasteiger charge is -2.12. The fourth-order valence-electron chi connectivity index (χ4n) is 2.45. The number of aromatic carboxylic acids is 1. The van der Waals surface area contributed by atoms with E-state index in [1.165, 1.54) is 11.8 Å². The quantitative estimate of drug-likeness (QED) is 0.589. The molecule has 0 atom stereocenters. The first-order valence-corrected chi connectivity index (χ1v) is 9.36. The lowest BCUT2D eigenvalue weighted by Crippen LogP contribution is -2.00. The highest BCUT2D eigenvalue weighted by atomic mass is 79.9. The van der Waals surface area contributed by atoms with E-state index in [9.17, 15) is 4.79 Å². The number of aryl methyl sites for hydroxylation is 2. The molecule has 0 radical (unpaired) electrons. The Balaban J connectivity index is 1.70. The summed E-state index contributed by atoms with van der Waals surface area (Å²) in [7, 11) is 0. The highest BCUT2D eigenvalue weighted by Gasteiger charge is 2.12. The van der Waals surface area contributed by atoms with Crippen LogP contribution in [0.1, 0.15) is 25.8 Å². The molecule has 6 heteroatoms. The first-order chi connectivity index (χ1) is 12.1. The molecule has 0 spiro atoms. The maximum absolute atomic E-state index is 10.9. The van der Waals surface area contributed by atoms with E-state index in [0.717, 1.165) is 40.0 Å². The molecule has 1 aromatic heterocycles. The van der Waals surface area contributed by atoms with Crippen LogP contribution < -0.4 is 4.74 Å². The summed E-state index contributed by atoms with van der Waals surface area (Å²) in [5, 5.41) is 9.61. The number of hydrogen-bond acceptors (Lipinski definition) is 4. The molecule has 0 saturated carbocycles. The van der Waals surface area contributed by atoms with Crippen LogP contribution in [0.3, 0.4) is 0 Å². The molecule has 1 heterocycles. The van der Waals surface area contributed by atoms with Crippen LogP contribution in [0.4, 0.5) is 0 Å². The number of carbonyl (C=O) groups is 1. The van der Waals surface area contributed by atoms with E-state index in [4.69, 9.17) is 9.84 Å². The average molecular weight is 418 g/mol. The van der Waals surface area contributed by atoms with Gasteiger partial charge in [-0.25, -0.2) is 9.78 Å². The minimum atomic E-state index is -0.965. The van der Waals surface area contributed by atoms with Gasteiger partial charge in [-0.1, -0.05) is 42.5 Å². The number of ether oxygens (including phenoxy) is 1. The lowest BCUT2D eigenvalue weighted by molar-refractivity contribution is 0.0702. The Hall–Kier alpha value is -2.18. The van der Waals surface area contributed by atoms with Gasteiger partial charge in [-0.3, -0.25) is 0 Å². The standard InChI is InChI=1S/C19H16BrNO3S/c20-15-8-4-7-14(10-9-13-5-2-1-3-6-13)18(15)24-12-17-21-11-16(25-17)19(22)23/h1-8,11H,9-10,12H2,(H,22,23). The number of benzene rings is 2. The van der Waals surface area contributed by atoms with Gasteiger partial charge < -0.3 is 9.84 Å². The van der Waals surface area contributed by atoms with Gasteiger partial charge in [0.2, 0.25) is 0 Å². The molecular weight excluding hydrogens is 402 g/mol. The Labute approximate surface area is 158 Å². The number of halogens is 1. The predicted octanol–water partition coefficient (Wildman–Crippen LogP) is 4.97. The van der Waals surface area contributed by atoms with Crippen molar-refractivity contribution in [3.63, 3.8) is 0 Å². The Bertz CT molecular complexity index is 864. The van der Waals surface area contributed by atoms with E-state index in [2.05, 4.69) is 33.0 Å². The highest BCUT2D eigenvalue weighted by Crippen LogP contribution is 2.31. The number of carboxylic acid groups (broad SMARTS) is 1. The number of carboxylic acids is 1. The van der Waals surface area contributed by atoms with Gasteiger partial charge in [0.15, 0.2) is 0 Å². The van der Waals surface area contributed by atoms with E-state index in [1.807, 2.05) is 36.4 Å². The van der Waals surface area contributed by atoms with Crippen molar-refractivity contribution in [2.75, 3.05) is 0 Å². The zero-order chi connectivity index (χ0) is 17.6. The topological polar surface area (TPSA) is 59.4 Å². The summed E-state index contributed by atoms with van der Waals surface area (Å²) >= 11 is 4.67. The molecule has 128 valence electrons. The van der Waals surface area contributed by atoms with Crippen molar-refractivity contribution in [2.45, 2.75) is 19.4 Å². The maximum atomic E-state index is 10.9. The monoisotopic (exact) mass is 417 g/mol. The minimum Gasteiger partial charge on any atom is -0.485 e. The molecule has 1 N–H and O–H groups in total. The second-order valence-corrected chi connectivity index (χ2v) is 7.40. The summed E-state index contributed by atoms with van der Waals surface area (Å²) in [6.07, 6.45) is 3.15. The number of hydrogen-bond donors (Lipinski definition) is 1. The Kier molecular flexibility index (Phi) is 5.83. The zero-order valence-electron chi connectivity index (χ0n) is 13.3. The molecule has 0 aliphatic carbocycles. The van der Waals surface area contributed by atoms with Crippen LogP contribution in [0.2, 0.25) is 0 Å². The SMILES string of the molecule is O=C(O)c1cnc(COc2c(Br)cccc2CCc2ccccc2)s1. The Morgan fingerprint density at radius 3 is 2.64 bits per heavy atom. The number of thiazole rings is 1. The molecule has 25 heavy (non-hydrogen) atoms. The van der Waals surface area contributed by atoms with Crippen molar-refractivity contribution in [2.24, 2.45) is 0 Å². The minimum absolute atomic E-state index is 0.218. The van der Waals surface area contributed by atoms with Crippen molar-refractivity contribution < 1.29 is 14.6 Å². The second-order valence-electron chi connectivity index (χ2n) is 5.43. The Morgan fingerprint density at radius 1 is 1.12 bits per heavy atom. The maximum Gasteiger partial charge on any atom is 0.347 e. The zero-order valence-corrected chi connectivity index (χ0v) is 15.7. The van der Waals surface area contributed by atoms with Crippen LogP contribution in [-0.2, 0) is 19.4 Å². The summed E-state index contributed by atoms with van der Waals surface area (Å²) in [5.41, 5.74) is 2.38. The van der Waals surface area contributed by atoms with Crippen molar-refractivity contribution in [3.05, 3.63) is 80.2 Å². The number of nitrogens with zero attached hydrogens (tertiary/aromatic N) is 1. The average Bonchev–Trinajstić information content (AvgIpc) is 3.09. The third kappa shape index (κ3) is 4.67. The molecule has 2 aromatic carbocycles. The molecule has 0 fully saturated rings. The summed E-state index contributed by atoms with van der Waals surface area (Å²) in [4.78, 5) is 15.3. The number of para-hydroxylation sites is 1. The lowest BCUT2D eigenvalue weighted by atomic mass is 10.0. The molecular formula is C19H16BrNO3S. The van der Waals surface area contributed by atoms with Crippen LogP contribution in [0, 0.1) is 0 Å². The molecule has 4 nitrogen and oxygen atoms in total. The second kappa shape index (κ2) is 8.27. The third-order valence-electron chi connectivity index (χ3n) is 3.68. The molecule has 0 amide bonds. The fourth-order valence-corrected chi connectivity index (χ4v) is 3.64. The van der Waals surface area contributed by atoms with E-state index >= 15 is 0 Å². The van der Waals surface area contributed by atoms with E-state index in [1.54, 1.807) is 0 Å². The molecule has 0 aliphatic rings. The van der Waals surface area contributed by atoms with Gasteiger partial charge >= 0.3 is 5.97 Å². The van der Waals surface area contributed by atoms with E-state index in [-0.39, 0.29) is 11.5 Å². The third-order valence-corrected chi connectivity index (χ3v) is 5.26.